The lowest BCUT2D eigenvalue weighted by Gasteiger charge is -2.29. The highest BCUT2D eigenvalue weighted by Gasteiger charge is 2.21. The molecule has 1 saturated heterocycles. The molecule has 6 nitrogen and oxygen atoms in total. The van der Waals surface area contributed by atoms with E-state index in [2.05, 4.69) is 10.2 Å². The van der Waals surface area contributed by atoms with E-state index in [4.69, 9.17) is 27.9 Å². The first-order valence-corrected chi connectivity index (χ1v) is 10.2. The number of nitrogens with one attached hydrogen (secondary N) is 1. The Kier molecular flexibility index (Phi) is 7.36. The van der Waals surface area contributed by atoms with E-state index >= 15 is 0 Å². The van der Waals surface area contributed by atoms with Crippen molar-refractivity contribution in [2.24, 2.45) is 0 Å². The molecule has 8 heteroatoms. The Morgan fingerprint density at radius 3 is 2.45 bits per heavy atom. The standard InChI is InChI=1S/C21H23Cl2N3O3/c1-2-25(21(28)17-4-3-5-18(22)20(17)23)14-19(27)24-15-6-8-16(9-7-15)26-10-12-29-13-11-26/h3-9H,2,10-14H2,1H3,(H,24,27). The zero-order valence-corrected chi connectivity index (χ0v) is 17.7. The second-order valence-corrected chi connectivity index (χ2v) is 7.40. The molecular weight excluding hydrogens is 413 g/mol. The van der Waals surface area contributed by atoms with Crippen LogP contribution in [0.15, 0.2) is 42.5 Å². The quantitative estimate of drug-likeness (QED) is 0.746. The number of hydrogen-bond donors (Lipinski definition) is 1. The number of carbonyl (C=O) groups is 2. The lowest BCUT2D eigenvalue weighted by Crippen LogP contribution is -2.38. The number of amides is 2. The fourth-order valence-corrected chi connectivity index (χ4v) is 3.50. The Labute approximate surface area is 180 Å². The fourth-order valence-electron chi connectivity index (χ4n) is 3.12. The lowest BCUT2D eigenvalue weighted by atomic mass is 10.2. The Bertz CT molecular complexity index is 868. The summed E-state index contributed by atoms with van der Waals surface area (Å²) in [5.41, 5.74) is 2.05. The molecule has 1 fully saturated rings. The first kappa shape index (κ1) is 21.4. The summed E-state index contributed by atoms with van der Waals surface area (Å²) >= 11 is 12.1. The molecular formula is C21H23Cl2N3O3. The molecule has 1 heterocycles. The van der Waals surface area contributed by atoms with Crippen LogP contribution in [-0.2, 0) is 9.53 Å². The number of likely N-dealkylation sites (N-methyl/N-ethyl adjacent to an activating group) is 1. The number of anilines is 2. The minimum atomic E-state index is -0.335. The van der Waals surface area contributed by atoms with Crippen LogP contribution >= 0.6 is 23.2 Å². The second kappa shape index (κ2) is 9.96. The third kappa shape index (κ3) is 5.41. The van der Waals surface area contributed by atoms with Gasteiger partial charge in [0, 0.05) is 31.0 Å². The second-order valence-electron chi connectivity index (χ2n) is 6.62. The van der Waals surface area contributed by atoms with E-state index in [0.717, 1.165) is 32.0 Å². The average molecular weight is 436 g/mol. The average Bonchev–Trinajstić information content (AvgIpc) is 2.74. The van der Waals surface area contributed by atoms with Crippen molar-refractivity contribution < 1.29 is 14.3 Å². The molecule has 1 aliphatic heterocycles. The van der Waals surface area contributed by atoms with E-state index in [-0.39, 0.29) is 28.9 Å². The summed E-state index contributed by atoms with van der Waals surface area (Å²) in [4.78, 5) is 28.9. The number of nitrogens with zero attached hydrogens (tertiary/aromatic N) is 2. The van der Waals surface area contributed by atoms with Gasteiger partial charge in [0.05, 0.1) is 28.8 Å². The van der Waals surface area contributed by atoms with Crippen molar-refractivity contribution in [3.05, 3.63) is 58.1 Å². The van der Waals surface area contributed by atoms with Crippen LogP contribution in [0, 0.1) is 0 Å². The maximum atomic E-state index is 12.7. The minimum absolute atomic E-state index is 0.0800. The molecule has 2 aromatic carbocycles. The van der Waals surface area contributed by atoms with E-state index in [9.17, 15) is 9.59 Å². The summed E-state index contributed by atoms with van der Waals surface area (Å²) in [6, 6.07) is 12.5. The van der Waals surface area contributed by atoms with Crippen LogP contribution in [0.1, 0.15) is 17.3 Å². The Morgan fingerprint density at radius 2 is 1.79 bits per heavy atom. The van der Waals surface area contributed by atoms with Crippen molar-refractivity contribution in [3.63, 3.8) is 0 Å². The molecule has 1 N–H and O–H groups in total. The Hall–Kier alpha value is -2.28. The summed E-state index contributed by atoms with van der Waals surface area (Å²) in [5, 5.41) is 3.33. The predicted octanol–water partition coefficient (Wildman–Crippen LogP) is 3.93. The predicted molar refractivity (Wildman–Crippen MR) is 116 cm³/mol. The molecule has 29 heavy (non-hydrogen) atoms. The van der Waals surface area contributed by atoms with Gasteiger partial charge >= 0.3 is 0 Å². The summed E-state index contributed by atoms with van der Waals surface area (Å²) < 4.78 is 5.36. The van der Waals surface area contributed by atoms with Gasteiger partial charge in [-0.05, 0) is 43.3 Å². The molecule has 0 atom stereocenters. The lowest BCUT2D eigenvalue weighted by molar-refractivity contribution is -0.116. The first-order chi connectivity index (χ1) is 14.0. The third-order valence-electron chi connectivity index (χ3n) is 4.71. The van der Waals surface area contributed by atoms with Crippen molar-refractivity contribution in [3.8, 4) is 0 Å². The topological polar surface area (TPSA) is 61.9 Å². The molecule has 0 bridgehead atoms. The molecule has 0 spiro atoms. The molecule has 1 aliphatic rings. The highest BCUT2D eigenvalue weighted by molar-refractivity contribution is 6.43. The van der Waals surface area contributed by atoms with Crippen LogP contribution in [0.4, 0.5) is 11.4 Å². The highest BCUT2D eigenvalue weighted by Crippen LogP contribution is 2.26. The molecule has 3 rings (SSSR count). The van der Waals surface area contributed by atoms with E-state index in [1.807, 2.05) is 24.3 Å². The Morgan fingerprint density at radius 1 is 1.10 bits per heavy atom. The van der Waals surface area contributed by atoms with Gasteiger partial charge in [0.1, 0.15) is 6.54 Å². The van der Waals surface area contributed by atoms with Crippen LogP contribution in [0.2, 0.25) is 10.0 Å². The minimum Gasteiger partial charge on any atom is -0.378 e. The van der Waals surface area contributed by atoms with Gasteiger partial charge in [0.2, 0.25) is 5.91 Å². The van der Waals surface area contributed by atoms with Gasteiger partial charge in [-0.15, -0.1) is 0 Å². The number of rotatable bonds is 6. The van der Waals surface area contributed by atoms with E-state index < -0.39 is 0 Å². The van der Waals surface area contributed by atoms with Gasteiger partial charge in [0.15, 0.2) is 0 Å². The fraction of sp³-hybridized carbons (Fsp3) is 0.333. The molecule has 0 unspecified atom stereocenters. The van der Waals surface area contributed by atoms with Crippen LogP contribution in [-0.4, -0.2) is 56.1 Å². The van der Waals surface area contributed by atoms with Crippen LogP contribution in [0.5, 0.6) is 0 Å². The van der Waals surface area contributed by atoms with Gasteiger partial charge in [-0.2, -0.15) is 0 Å². The summed E-state index contributed by atoms with van der Waals surface area (Å²) in [6.07, 6.45) is 0. The van der Waals surface area contributed by atoms with Gasteiger partial charge in [-0.3, -0.25) is 9.59 Å². The van der Waals surface area contributed by atoms with Gasteiger partial charge < -0.3 is 19.9 Å². The molecule has 2 aromatic rings. The zero-order valence-electron chi connectivity index (χ0n) is 16.2. The molecule has 154 valence electrons. The number of halogens is 2. The number of ether oxygens (including phenoxy) is 1. The van der Waals surface area contributed by atoms with Gasteiger partial charge in [-0.25, -0.2) is 0 Å². The first-order valence-electron chi connectivity index (χ1n) is 9.45. The largest absolute Gasteiger partial charge is 0.378 e. The van der Waals surface area contributed by atoms with Gasteiger partial charge in [-0.1, -0.05) is 29.3 Å². The van der Waals surface area contributed by atoms with Crippen molar-refractivity contribution in [1.82, 2.24) is 4.90 Å². The van der Waals surface area contributed by atoms with E-state index in [0.29, 0.717) is 17.3 Å². The van der Waals surface area contributed by atoms with E-state index in [1.165, 1.54) is 4.90 Å². The van der Waals surface area contributed by atoms with Crippen LogP contribution in [0.3, 0.4) is 0 Å². The molecule has 0 aliphatic carbocycles. The van der Waals surface area contributed by atoms with Gasteiger partial charge in [0.25, 0.3) is 5.91 Å². The third-order valence-corrected chi connectivity index (χ3v) is 5.53. The maximum Gasteiger partial charge on any atom is 0.255 e. The smallest absolute Gasteiger partial charge is 0.255 e. The monoisotopic (exact) mass is 435 g/mol. The van der Waals surface area contributed by atoms with Crippen LogP contribution in [0.25, 0.3) is 0 Å². The van der Waals surface area contributed by atoms with E-state index in [1.54, 1.807) is 25.1 Å². The number of carbonyl (C=O) groups excluding carboxylic acids is 2. The van der Waals surface area contributed by atoms with Crippen LogP contribution < -0.4 is 10.2 Å². The van der Waals surface area contributed by atoms with Crippen molar-refractivity contribution in [1.29, 1.82) is 0 Å². The summed E-state index contributed by atoms with van der Waals surface area (Å²) in [5.74, 6) is -0.615. The number of benzene rings is 2. The Balaban J connectivity index is 1.61. The van der Waals surface area contributed by atoms with Crippen molar-refractivity contribution in [2.45, 2.75) is 6.92 Å². The molecule has 0 radical (unpaired) electrons. The van der Waals surface area contributed by atoms with Crippen molar-refractivity contribution >= 4 is 46.4 Å². The molecule has 2 amide bonds. The molecule has 0 saturated carbocycles. The van der Waals surface area contributed by atoms with Crippen molar-refractivity contribution in [2.75, 3.05) is 49.6 Å². The maximum absolute atomic E-state index is 12.7. The number of hydrogen-bond acceptors (Lipinski definition) is 4. The normalized spacial score (nSPS) is 13.8. The summed E-state index contributed by atoms with van der Waals surface area (Å²) in [7, 11) is 0. The SMILES string of the molecule is CCN(CC(=O)Nc1ccc(N2CCOCC2)cc1)C(=O)c1cccc(Cl)c1Cl. The zero-order chi connectivity index (χ0) is 20.8. The number of morpholine rings is 1. The molecule has 0 aromatic heterocycles. The highest BCUT2D eigenvalue weighted by atomic mass is 35.5. The summed E-state index contributed by atoms with van der Waals surface area (Å²) in [6.45, 7) is 5.23.